The summed E-state index contributed by atoms with van der Waals surface area (Å²) in [6.45, 7) is 9.02. The third kappa shape index (κ3) is 4.55. The SMILES string of the molecule is CC[C@]1(O)CC[C@H]2C(=CC[C@@H]3[C@@H]2CC[C@]2(C)[C@@H]([C@H](C)COS(=O)(=O)c4ccc(C)cc4)CC[C@@H]32)C1. The first-order valence-corrected chi connectivity index (χ1v) is 15.3. The Morgan fingerprint density at radius 2 is 1.83 bits per heavy atom. The van der Waals surface area contributed by atoms with E-state index >= 15 is 0 Å². The minimum absolute atomic E-state index is 0.214. The quantitative estimate of drug-likeness (QED) is 0.350. The molecule has 4 aliphatic carbocycles. The second-order valence-electron chi connectivity index (χ2n) is 12.6. The molecule has 35 heavy (non-hydrogen) atoms. The van der Waals surface area contributed by atoms with Gasteiger partial charge in [-0.15, -0.1) is 0 Å². The Morgan fingerprint density at radius 1 is 1.09 bits per heavy atom. The van der Waals surface area contributed by atoms with Crippen LogP contribution in [-0.4, -0.2) is 25.7 Å². The Morgan fingerprint density at radius 3 is 2.54 bits per heavy atom. The minimum Gasteiger partial charge on any atom is -0.390 e. The van der Waals surface area contributed by atoms with Crippen LogP contribution in [0.4, 0.5) is 0 Å². The predicted octanol–water partition coefficient (Wildman–Crippen LogP) is 6.67. The van der Waals surface area contributed by atoms with E-state index in [0.29, 0.717) is 17.8 Å². The van der Waals surface area contributed by atoms with Crippen molar-refractivity contribution in [1.29, 1.82) is 0 Å². The summed E-state index contributed by atoms with van der Waals surface area (Å²) in [5.41, 5.74) is 2.37. The Hall–Kier alpha value is -1.17. The third-order valence-corrected chi connectivity index (χ3v) is 12.1. The largest absolute Gasteiger partial charge is 0.390 e. The van der Waals surface area contributed by atoms with Crippen LogP contribution >= 0.6 is 0 Å². The molecule has 0 unspecified atom stereocenters. The molecule has 0 amide bonds. The summed E-state index contributed by atoms with van der Waals surface area (Å²) in [6, 6.07) is 6.92. The number of hydrogen-bond acceptors (Lipinski definition) is 4. The molecule has 4 nitrogen and oxygen atoms in total. The summed E-state index contributed by atoms with van der Waals surface area (Å²) in [6.07, 6.45) is 12.4. The molecule has 1 aromatic rings. The first-order chi connectivity index (χ1) is 16.6. The second kappa shape index (κ2) is 9.29. The van der Waals surface area contributed by atoms with Crippen LogP contribution in [0.5, 0.6) is 0 Å². The molecule has 0 bridgehead atoms. The van der Waals surface area contributed by atoms with Crippen LogP contribution < -0.4 is 0 Å². The van der Waals surface area contributed by atoms with Crippen molar-refractivity contribution >= 4 is 10.1 Å². The zero-order valence-electron chi connectivity index (χ0n) is 22.0. The lowest BCUT2D eigenvalue weighted by Gasteiger charge is -2.55. The smallest absolute Gasteiger partial charge is 0.296 e. The van der Waals surface area contributed by atoms with E-state index in [1.165, 1.54) is 25.7 Å². The molecule has 0 saturated heterocycles. The van der Waals surface area contributed by atoms with Gasteiger partial charge in [-0.05, 0) is 118 Å². The number of allylic oxidation sites excluding steroid dienone is 1. The fourth-order valence-corrected chi connectivity index (χ4v) is 9.73. The summed E-state index contributed by atoms with van der Waals surface area (Å²) in [5, 5.41) is 10.9. The molecule has 194 valence electrons. The zero-order chi connectivity index (χ0) is 25.0. The van der Waals surface area contributed by atoms with E-state index < -0.39 is 15.7 Å². The van der Waals surface area contributed by atoms with E-state index in [2.05, 4.69) is 26.8 Å². The molecule has 1 aromatic carbocycles. The molecule has 0 heterocycles. The molecule has 4 aliphatic rings. The Labute approximate surface area is 212 Å². The highest BCUT2D eigenvalue weighted by atomic mass is 32.2. The van der Waals surface area contributed by atoms with Gasteiger partial charge in [0.15, 0.2) is 0 Å². The maximum Gasteiger partial charge on any atom is 0.296 e. The van der Waals surface area contributed by atoms with E-state index in [4.69, 9.17) is 4.18 Å². The van der Waals surface area contributed by atoms with Gasteiger partial charge in [0.25, 0.3) is 10.1 Å². The van der Waals surface area contributed by atoms with Gasteiger partial charge >= 0.3 is 0 Å². The Bertz CT molecular complexity index is 1060. The molecule has 0 spiro atoms. The maximum atomic E-state index is 12.8. The van der Waals surface area contributed by atoms with E-state index in [1.54, 1.807) is 17.7 Å². The monoisotopic (exact) mass is 500 g/mol. The summed E-state index contributed by atoms with van der Waals surface area (Å²) >= 11 is 0. The molecular weight excluding hydrogens is 456 g/mol. The van der Waals surface area contributed by atoms with Crippen LogP contribution in [0, 0.1) is 47.8 Å². The van der Waals surface area contributed by atoms with E-state index in [1.807, 2.05) is 19.1 Å². The van der Waals surface area contributed by atoms with Gasteiger partial charge in [-0.25, -0.2) is 0 Å². The molecule has 5 rings (SSSR count). The number of fused-ring (bicyclic) bond motifs is 5. The van der Waals surface area contributed by atoms with Gasteiger partial charge < -0.3 is 5.11 Å². The Kier molecular flexibility index (Phi) is 6.76. The molecular formula is C30H44O4S. The van der Waals surface area contributed by atoms with Crippen molar-refractivity contribution in [3.05, 3.63) is 41.5 Å². The van der Waals surface area contributed by atoms with E-state index in [9.17, 15) is 13.5 Å². The summed E-state index contributed by atoms with van der Waals surface area (Å²) < 4.78 is 31.1. The number of rotatable bonds is 6. The first-order valence-electron chi connectivity index (χ1n) is 13.9. The first kappa shape index (κ1) is 25.5. The molecule has 0 aliphatic heterocycles. The molecule has 5 heteroatoms. The predicted molar refractivity (Wildman–Crippen MR) is 139 cm³/mol. The van der Waals surface area contributed by atoms with Gasteiger partial charge in [0.2, 0.25) is 0 Å². The van der Waals surface area contributed by atoms with Crippen molar-refractivity contribution in [2.24, 2.45) is 40.9 Å². The van der Waals surface area contributed by atoms with Gasteiger partial charge in [-0.2, -0.15) is 8.42 Å². The highest BCUT2D eigenvalue weighted by Gasteiger charge is 2.57. The highest BCUT2D eigenvalue weighted by Crippen LogP contribution is 2.64. The second-order valence-corrected chi connectivity index (χ2v) is 14.2. The normalized spacial score (nSPS) is 39.8. The lowest BCUT2D eigenvalue weighted by atomic mass is 9.50. The van der Waals surface area contributed by atoms with Crippen molar-refractivity contribution in [1.82, 2.24) is 0 Å². The zero-order valence-corrected chi connectivity index (χ0v) is 22.8. The average molecular weight is 501 g/mol. The molecule has 0 aromatic heterocycles. The van der Waals surface area contributed by atoms with E-state index in [-0.39, 0.29) is 22.8 Å². The van der Waals surface area contributed by atoms with Crippen LogP contribution in [0.15, 0.2) is 40.8 Å². The number of hydrogen-bond donors (Lipinski definition) is 1. The Balaban J connectivity index is 1.26. The third-order valence-electron chi connectivity index (χ3n) is 10.8. The van der Waals surface area contributed by atoms with Crippen molar-refractivity contribution in [3.8, 4) is 0 Å². The van der Waals surface area contributed by atoms with Crippen molar-refractivity contribution < 1.29 is 17.7 Å². The lowest BCUT2D eigenvalue weighted by molar-refractivity contribution is -0.0476. The van der Waals surface area contributed by atoms with Crippen LogP contribution in [0.25, 0.3) is 0 Å². The van der Waals surface area contributed by atoms with Crippen LogP contribution in [-0.2, 0) is 14.3 Å². The van der Waals surface area contributed by atoms with Crippen LogP contribution in [0.1, 0.15) is 84.1 Å². The lowest BCUT2D eigenvalue weighted by Crippen LogP contribution is -2.48. The van der Waals surface area contributed by atoms with Gasteiger partial charge in [0.1, 0.15) is 0 Å². The highest BCUT2D eigenvalue weighted by molar-refractivity contribution is 7.86. The van der Waals surface area contributed by atoms with Gasteiger partial charge in [0, 0.05) is 0 Å². The van der Waals surface area contributed by atoms with Crippen molar-refractivity contribution in [2.45, 2.75) is 96.0 Å². The topological polar surface area (TPSA) is 63.6 Å². The molecule has 0 radical (unpaired) electrons. The fourth-order valence-electron chi connectivity index (χ4n) is 8.73. The maximum absolute atomic E-state index is 12.8. The van der Waals surface area contributed by atoms with Gasteiger partial charge in [-0.1, -0.05) is 50.1 Å². The van der Waals surface area contributed by atoms with Crippen LogP contribution in [0.2, 0.25) is 0 Å². The standard InChI is InChI=1S/C30H44O4S/c1-5-30(31)17-15-24-22(18-30)8-11-26-25(24)14-16-29(4)27(12-13-28(26)29)21(3)19-34-35(32,33)23-9-6-20(2)7-10-23/h6-10,21,24-28,31H,5,11-19H2,1-4H3/t21-,24+,25-,26-,27-,28+,29-,30+/m1/s1. The van der Waals surface area contributed by atoms with Gasteiger partial charge in [-0.3, -0.25) is 4.18 Å². The fraction of sp³-hybridized carbons (Fsp3) is 0.733. The molecule has 3 fully saturated rings. The average Bonchev–Trinajstić information content (AvgIpc) is 3.20. The summed E-state index contributed by atoms with van der Waals surface area (Å²) in [7, 11) is -3.72. The number of benzene rings is 1. The van der Waals surface area contributed by atoms with Crippen LogP contribution in [0.3, 0.4) is 0 Å². The molecule has 1 N–H and O–H groups in total. The van der Waals surface area contributed by atoms with Gasteiger partial charge in [0.05, 0.1) is 17.1 Å². The van der Waals surface area contributed by atoms with Crippen molar-refractivity contribution in [3.63, 3.8) is 0 Å². The molecule has 8 atom stereocenters. The van der Waals surface area contributed by atoms with E-state index in [0.717, 1.165) is 49.5 Å². The number of aryl methyl sites for hydroxylation is 1. The van der Waals surface area contributed by atoms with Crippen molar-refractivity contribution in [2.75, 3.05) is 6.61 Å². The molecule has 3 saturated carbocycles. The minimum atomic E-state index is -3.72. The summed E-state index contributed by atoms with van der Waals surface area (Å²) in [5.74, 6) is 3.61. The number of aliphatic hydroxyl groups is 1. The summed E-state index contributed by atoms with van der Waals surface area (Å²) in [4.78, 5) is 0.249.